The molecule has 0 radical (unpaired) electrons. The topological polar surface area (TPSA) is 65.8 Å². The predicted molar refractivity (Wildman–Crippen MR) is 32.3 cm³/mol. The summed E-state index contributed by atoms with van der Waals surface area (Å²) in [4.78, 5) is 0.495. The Labute approximate surface area is 52.5 Å². The second kappa shape index (κ2) is 1.89. The summed E-state index contributed by atoms with van der Waals surface area (Å²) >= 11 is 0. The van der Waals surface area contributed by atoms with Crippen molar-refractivity contribution in [2.75, 3.05) is 5.73 Å². The highest BCUT2D eigenvalue weighted by Gasteiger charge is 1.97. The minimum absolute atomic E-state index is 0.246. The number of nitrogens with zero attached hydrogens (tertiary/aromatic N) is 2. The lowest BCUT2D eigenvalue weighted by Crippen LogP contribution is -2.34. The van der Waals surface area contributed by atoms with Gasteiger partial charge in [0.25, 0.3) is 0 Å². The van der Waals surface area contributed by atoms with Crippen LogP contribution in [-0.4, -0.2) is 5.10 Å². The third kappa shape index (κ3) is 1.07. The van der Waals surface area contributed by atoms with Gasteiger partial charge in [0.15, 0.2) is 5.82 Å². The van der Waals surface area contributed by atoms with Crippen LogP contribution in [0.4, 0.5) is 5.82 Å². The number of aryl methyl sites for hydroxylation is 1. The van der Waals surface area contributed by atoms with Gasteiger partial charge < -0.3 is 10.9 Å². The molecule has 0 bridgehead atoms. The van der Waals surface area contributed by atoms with Crippen LogP contribution in [0, 0.1) is 12.1 Å². The van der Waals surface area contributed by atoms with Gasteiger partial charge in [-0.3, -0.25) is 0 Å². The van der Waals surface area contributed by atoms with E-state index in [0.717, 1.165) is 0 Å². The molecule has 4 nitrogen and oxygen atoms in total. The first-order chi connectivity index (χ1) is 4.20. The van der Waals surface area contributed by atoms with Crippen LogP contribution in [0.15, 0.2) is 12.1 Å². The molecule has 0 saturated heterocycles. The zero-order chi connectivity index (χ0) is 6.85. The Hall–Kier alpha value is -1.32. The highest BCUT2D eigenvalue weighted by atomic mass is 16.5. The molecule has 1 aromatic heterocycles. The summed E-state index contributed by atoms with van der Waals surface area (Å²) in [5.41, 5.74) is 5.74. The molecule has 0 spiro atoms. The highest BCUT2D eigenvalue weighted by molar-refractivity contribution is 5.23. The summed E-state index contributed by atoms with van der Waals surface area (Å²) in [7, 11) is 0. The second-order valence-electron chi connectivity index (χ2n) is 1.77. The third-order valence-electron chi connectivity index (χ3n) is 1.00. The minimum Gasteiger partial charge on any atom is -0.594 e. The largest absolute Gasteiger partial charge is 0.594 e. The van der Waals surface area contributed by atoms with E-state index in [9.17, 15) is 5.21 Å². The number of hydrogen-bond donors (Lipinski definition) is 1. The van der Waals surface area contributed by atoms with Gasteiger partial charge in [-0.25, -0.2) is 0 Å². The summed E-state index contributed by atoms with van der Waals surface area (Å²) in [5, 5.41) is 14.0. The Morgan fingerprint density at radius 1 is 1.67 bits per heavy atom. The standard InChI is InChI=1S/C5H7N3O/c1-4-2-3-5(6)7-8(4)9/h2-3H,1H3,(H2,6,7). The quantitative estimate of drug-likeness (QED) is 0.379. The molecule has 0 aliphatic heterocycles. The average molecular weight is 125 g/mol. The minimum atomic E-state index is 0.246. The van der Waals surface area contributed by atoms with Gasteiger partial charge in [0.1, 0.15) is 0 Å². The third-order valence-corrected chi connectivity index (χ3v) is 1.00. The zero-order valence-electron chi connectivity index (χ0n) is 5.03. The van der Waals surface area contributed by atoms with Crippen LogP contribution in [0.25, 0.3) is 0 Å². The van der Waals surface area contributed by atoms with E-state index < -0.39 is 0 Å². The summed E-state index contributed by atoms with van der Waals surface area (Å²) in [5.74, 6) is 0.246. The Morgan fingerprint density at radius 2 is 2.33 bits per heavy atom. The molecule has 0 atom stereocenters. The Morgan fingerprint density at radius 3 is 2.78 bits per heavy atom. The number of hydrogen-bond acceptors (Lipinski definition) is 3. The van der Waals surface area contributed by atoms with Gasteiger partial charge in [0.05, 0.1) is 0 Å². The van der Waals surface area contributed by atoms with Crippen LogP contribution in [0.2, 0.25) is 0 Å². The molecule has 0 amide bonds. The first-order valence-electron chi connectivity index (χ1n) is 2.53. The Bertz CT molecular complexity index is 223. The molecule has 9 heavy (non-hydrogen) atoms. The van der Waals surface area contributed by atoms with E-state index in [1.165, 1.54) is 0 Å². The summed E-state index contributed by atoms with van der Waals surface area (Å²) in [6.45, 7) is 1.67. The van der Waals surface area contributed by atoms with E-state index in [1.54, 1.807) is 19.1 Å². The van der Waals surface area contributed by atoms with Crippen molar-refractivity contribution in [1.82, 2.24) is 5.10 Å². The van der Waals surface area contributed by atoms with Crippen LogP contribution >= 0.6 is 0 Å². The molecule has 48 valence electrons. The monoisotopic (exact) mass is 125 g/mol. The maximum absolute atomic E-state index is 10.6. The molecular weight excluding hydrogens is 118 g/mol. The van der Waals surface area contributed by atoms with Crippen molar-refractivity contribution in [2.45, 2.75) is 6.92 Å². The van der Waals surface area contributed by atoms with Crippen molar-refractivity contribution in [2.24, 2.45) is 0 Å². The van der Waals surface area contributed by atoms with Crippen molar-refractivity contribution in [3.8, 4) is 0 Å². The van der Waals surface area contributed by atoms with Crippen molar-refractivity contribution in [1.29, 1.82) is 0 Å². The van der Waals surface area contributed by atoms with E-state index in [-0.39, 0.29) is 5.82 Å². The van der Waals surface area contributed by atoms with E-state index in [1.807, 2.05) is 0 Å². The van der Waals surface area contributed by atoms with Gasteiger partial charge in [-0.2, -0.15) is 0 Å². The second-order valence-corrected chi connectivity index (χ2v) is 1.77. The Balaban J connectivity index is 3.17. The molecule has 0 saturated carbocycles. The first kappa shape index (κ1) is 5.81. The van der Waals surface area contributed by atoms with E-state index in [4.69, 9.17) is 5.73 Å². The molecule has 0 fully saturated rings. The normalized spacial score (nSPS) is 9.44. The zero-order valence-corrected chi connectivity index (χ0v) is 5.03. The molecule has 1 heterocycles. The highest BCUT2D eigenvalue weighted by Crippen LogP contribution is 1.91. The fourth-order valence-electron chi connectivity index (χ4n) is 0.487. The van der Waals surface area contributed by atoms with Gasteiger partial charge in [0, 0.05) is 18.1 Å². The SMILES string of the molecule is Cc1ccc(N)n[n+]1[O-]. The molecule has 0 aliphatic rings. The molecule has 1 aromatic rings. The van der Waals surface area contributed by atoms with Crippen molar-refractivity contribution in [3.05, 3.63) is 23.0 Å². The Kier molecular flexibility index (Phi) is 1.22. The number of nitrogen functional groups attached to an aromatic ring is 1. The maximum Gasteiger partial charge on any atom is 0.218 e. The molecule has 0 aromatic carbocycles. The van der Waals surface area contributed by atoms with Crippen molar-refractivity contribution < 1.29 is 4.85 Å². The van der Waals surface area contributed by atoms with E-state index in [0.29, 0.717) is 10.5 Å². The van der Waals surface area contributed by atoms with Gasteiger partial charge in [-0.1, -0.05) is 4.85 Å². The summed E-state index contributed by atoms with van der Waals surface area (Å²) in [6, 6.07) is 3.21. The number of rotatable bonds is 0. The van der Waals surface area contributed by atoms with Crippen LogP contribution in [-0.2, 0) is 0 Å². The van der Waals surface area contributed by atoms with Gasteiger partial charge in [0.2, 0.25) is 5.69 Å². The van der Waals surface area contributed by atoms with Crippen molar-refractivity contribution in [3.63, 3.8) is 0 Å². The van der Waals surface area contributed by atoms with Gasteiger partial charge in [-0.15, -0.1) is 0 Å². The van der Waals surface area contributed by atoms with Gasteiger partial charge >= 0.3 is 0 Å². The lowest BCUT2D eigenvalue weighted by atomic mass is 10.4. The fraction of sp³-hybridized carbons (Fsp3) is 0.200. The average Bonchev–Trinajstić information content (AvgIpc) is 1.80. The number of aromatic nitrogens is 2. The summed E-state index contributed by atoms with van der Waals surface area (Å²) in [6.07, 6.45) is 0. The van der Waals surface area contributed by atoms with Crippen LogP contribution in [0.3, 0.4) is 0 Å². The van der Waals surface area contributed by atoms with Crippen molar-refractivity contribution >= 4 is 5.82 Å². The molecule has 2 N–H and O–H groups in total. The lowest BCUT2D eigenvalue weighted by Gasteiger charge is -1.95. The number of anilines is 1. The number of nitrogens with two attached hydrogens (primary N) is 1. The fourth-order valence-corrected chi connectivity index (χ4v) is 0.487. The smallest absolute Gasteiger partial charge is 0.218 e. The predicted octanol–water partition coefficient (Wildman–Crippen LogP) is -0.394. The van der Waals surface area contributed by atoms with Gasteiger partial charge in [-0.05, 0) is 6.07 Å². The molecule has 1 rings (SSSR count). The molecule has 4 heteroatoms. The van der Waals surface area contributed by atoms with E-state index in [2.05, 4.69) is 5.10 Å². The van der Waals surface area contributed by atoms with Crippen LogP contribution in [0.1, 0.15) is 5.69 Å². The summed E-state index contributed by atoms with van der Waals surface area (Å²) < 4.78 is 0. The molecular formula is C5H7N3O. The van der Waals surface area contributed by atoms with Crippen LogP contribution < -0.4 is 10.6 Å². The lowest BCUT2D eigenvalue weighted by molar-refractivity contribution is -0.674. The van der Waals surface area contributed by atoms with E-state index >= 15 is 0 Å². The van der Waals surface area contributed by atoms with Crippen LogP contribution in [0.5, 0.6) is 0 Å². The maximum atomic E-state index is 10.6. The molecule has 0 unspecified atom stereocenters. The molecule has 0 aliphatic carbocycles. The first-order valence-corrected chi connectivity index (χ1v) is 2.53.